The maximum atomic E-state index is 13.1. The summed E-state index contributed by atoms with van der Waals surface area (Å²) in [6.07, 6.45) is 5.15. The van der Waals surface area contributed by atoms with Crippen molar-refractivity contribution in [2.24, 2.45) is 0 Å². The van der Waals surface area contributed by atoms with Gasteiger partial charge in [-0.2, -0.15) is 0 Å². The molecule has 35 heavy (non-hydrogen) atoms. The lowest BCUT2D eigenvalue weighted by Gasteiger charge is -2.13. The number of hydrogen-bond donors (Lipinski definition) is 0. The zero-order valence-electron chi connectivity index (χ0n) is 20.2. The van der Waals surface area contributed by atoms with E-state index in [-0.39, 0.29) is 5.78 Å². The van der Waals surface area contributed by atoms with Crippen LogP contribution in [0.15, 0.2) is 60.8 Å². The van der Waals surface area contributed by atoms with E-state index < -0.39 is 0 Å². The third-order valence-corrected chi connectivity index (χ3v) is 5.57. The van der Waals surface area contributed by atoms with Crippen molar-refractivity contribution in [3.63, 3.8) is 0 Å². The normalized spacial score (nSPS) is 11.0. The second kappa shape index (κ2) is 10.2. The number of methoxy groups -OCH3 is 5. The molecule has 2 aromatic heterocycles. The zero-order valence-corrected chi connectivity index (χ0v) is 20.2. The summed E-state index contributed by atoms with van der Waals surface area (Å²) < 4.78 is 28.9. The molecule has 0 fully saturated rings. The number of carbonyl (C=O) groups excluding carboxylic acids is 1. The number of allylic oxidation sites excluding steroid dienone is 1. The fourth-order valence-corrected chi connectivity index (χ4v) is 3.84. The highest BCUT2D eigenvalue weighted by Gasteiger charge is 2.17. The molecule has 0 spiro atoms. The predicted molar refractivity (Wildman–Crippen MR) is 133 cm³/mol. The molecule has 0 N–H and O–H groups in total. The highest BCUT2D eigenvalue weighted by atomic mass is 16.5. The highest BCUT2D eigenvalue weighted by Crippen LogP contribution is 2.38. The Morgan fingerprint density at radius 1 is 0.800 bits per heavy atom. The smallest absolute Gasteiger partial charge is 0.203 e. The predicted octanol–water partition coefficient (Wildman–Crippen LogP) is 4.94. The number of fused-ring (bicyclic) bond motifs is 1. The quantitative estimate of drug-likeness (QED) is 0.251. The minimum atomic E-state index is -0.228. The van der Waals surface area contributed by atoms with Crippen molar-refractivity contribution in [3.8, 4) is 40.0 Å². The number of aromatic nitrogens is 2. The van der Waals surface area contributed by atoms with Crippen molar-refractivity contribution in [3.05, 3.63) is 72.1 Å². The van der Waals surface area contributed by atoms with Crippen molar-refractivity contribution < 1.29 is 28.5 Å². The number of nitrogens with zero attached hydrogens (tertiary/aromatic N) is 2. The standard InChI is InChI=1S/C27H26N2O6/c1-31-21-12-9-17(14-22(21)32-2)26-19(29-13-7-6-8-25(29)28-26)10-11-20(30)18-15-23(33-3)27(35-5)24(16-18)34-4/h6-16H,1-5H3/b11-10+. The monoisotopic (exact) mass is 474 g/mol. The van der Waals surface area contributed by atoms with Crippen molar-refractivity contribution in [1.82, 2.24) is 9.38 Å². The number of rotatable bonds is 9. The minimum absolute atomic E-state index is 0.228. The van der Waals surface area contributed by atoms with Gasteiger partial charge in [0.05, 0.1) is 46.9 Å². The van der Waals surface area contributed by atoms with Gasteiger partial charge in [-0.25, -0.2) is 4.98 Å². The summed E-state index contributed by atoms with van der Waals surface area (Å²) >= 11 is 0. The third-order valence-electron chi connectivity index (χ3n) is 5.57. The van der Waals surface area contributed by atoms with Gasteiger partial charge in [-0.3, -0.25) is 9.20 Å². The molecule has 0 saturated heterocycles. The number of hydrogen-bond acceptors (Lipinski definition) is 7. The van der Waals surface area contributed by atoms with Crippen molar-refractivity contribution in [2.75, 3.05) is 35.5 Å². The number of imidazole rings is 1. The van der Waals surface area contributed by atoms with Crippen LogP contribution in [-0.2, 0) is 0 Å². The Bertz CT molecular complexity index is 1380. The van der Waals surface area contributed by atoms with E-state index in [1.54, 1.807) is 32.4 Å². The number of pyridine rings is 1. The van der Waals surface area contributed by atoms with Gasteiger partial charge in [0.2, 0.25) is 5.75 Å². The SMILES string of the molecule is COc1ccc(-c2nc3ccccn3c2/C=C/C(=O)c2cc(OC)c(OC)c(OC)c2)cc1OC. The lowest BCUT2D eigenvalue weighted by atomic mass is 10.1. The molecular weight excluding hydrogens is 448 g/mol. The van der Waals surface area contributed by atoms with E-state index in [0.717, 1.165) is 16.9 Å². The number of ether oxygens (including phenoxy) is 5. The average Bonchev–Trinajstić information content (AvgIpc) is 3.28. The first-order valence-corrected chi connectivity index (χ1v) is 10.8. The zero-order chi connectivity index (χ0) is 24.9. The fraction of sp³-hybridized carbons (Fsp3) is 0.185. The molecule has 4 aromatic rings. The molecule has 0 unspecified atom stereocenters. The van der Waals surface area contributed by atoms with Crippen molar-refractivity contribution in [1.29, 1.82) is 0 Å². The van der Waals surface area contributed by atoms with Crippen LogP contribution in [0.5, 0.6) is 28.7 Å². The number of carbonyl (C=O) groups is 1. The van der Waals surface area contributed by atoms with Gasteiger partial charge in [0.25, 0.3) is 0 Å². The second-order valence-electron chi connectivity index (χ2n) is 7.46. The Morgan fingerprint density at radius 3 is 2.11 bits per heavy atom. The summed E-state index contributed by atoms with van der Waals surface area (Å²) in [4.78, 5) is 17.9. The van der Waals surface area contributed by atoms with Crippen molar-refractivity contribution in [2.45, 2.75) is 0 Å². The van der Waals surface area contributed by atoms with E-state index in [0.29, 0.717) is 40.0 Å². The molecule has 0 aliphatic rings. The van der Waals surface area contributed by atoms with Crippen LogP contribution in [0.3, 0.4) is 0 Å². The van der Waals surface area contributed by atoms with Crippen LogP contribution >= 0.6 is 0 Å². The maximum Gasteiger partial charge on any atom is 0.203 e. The summed E-state index contributed by atoms with van der Waals surface area (Å²) in [6, 6.07) is 14.6. The van der Waals surface area contributed by atoms with E-state index in [2.05, 4.69) is 0 Å². The Hall–Kier alpha value is -4.46. The Balaban J connectivity index is 1.79. The van der Waals surface area contributed by atoms with E-state index in [9.17, 15) is 4.79 Å². The van der Waals surface area contributed by atoms with Crippen LogP contribution in [0.2, 0.25) is 0 Å². The second-order valence-corrected chi connectivity index (χ2v) is 7.46. The Labute approximate surface area is 203 Å². The van der Waals surface area contributed by atoms with E-state index in [1.807, 2.05) is 47.0 Å². The largest absolute Gasteiger partial charge is 0.493 e. The maximum absolute atomic E-state index is 13.1. The Morgan fingerprint density at radius 2 is 1.49 bits per heavy atom. The first kappa shape index (κ1) is 23.7. The summed E-state index contributed by atoms with van der Waals surface area (Å²) in [5.41, 5.74) is 3.42. The van der Waals surface area contributed by atoms with Gasteiger partial charge >= 0.3 is 0 Å². The summed E-state index contributed by atoms with van der Waals surface area (Å²) in [5.74, 6) is 2.22. The van der Waals surface area contributed by atoms with Crippen LogP contribution in [0, 0.1) is 0 Å². The minimum Gasteiger partial charge on any atom is -0.493 e. The Kier molecular flexibility index (Phi) is 6.91. The topological polar surface area (TPSA) is 80.5 Å². The lowest BCUT2D eigenvalue weighted by molar-refractivity contribution is 0.104. The van der Waals surface area contributed by atoms with Crippen LogP contribution in [0.25, 0.3) is 23.0 Å². The van der Waals surface area contributed by atoms with Gasteiger partial charge in [0.15, 0.2) is 28.8 Å². The van der Waals surface area contributed by atoms with Gasteiger partial charge in [0.1, 0.15) is 5.65 Å². The molecule has 8 nitrogen and oxygen atoms in total. The molecule has 180 valence electrons. The van der Waals surface area contributed by atoms with Gasteiger partial charge in [-0.1, -0.05) is 6.07 Å². The first-order valence-electron chi connectivity index (χ1n) is 10.8. The molecular formula is C27H26N2O6. The molecule has 2 heterocycles. The lowest BCUT2D eigenvalue weighted by Crippen LogP contribution is -2.00. The molecule has 0 bridgehead atoms. The van der Waals surface area contributed by atoms with Crippen molar-refractivity contribution >= 4 is 17.5 Å². The van der Waals surface area contributed by atoms with E-state index >= 15 is 0 Å². The third kappa shape index (κ3) is 4.50. The molecule has 0 aliphatic heterocycles. The molecule has 0 radical (unpaired) electrons. The van der Waals surface area contributed by atoms with Crippen LogP contribution < -0.4 is 23.7 Å². The molecule has 0 amide bonds. The molecule has 0 atom stereocenters. The molecule has 2 aromatic carbocycles. The average molecular weight is 475 g/mol. The number of benzene rings is 2. The van der Waals surface area contributed by atoms with Gasteiger partial charge < -0.3 is 23.7 Å². The summed E-state index contributed by atoms with van der Waals surface area (Å²) in [5, 5.41) is 0. The van der Waals surface area contributed by atoms with Crippen LogP contribution in [0.4, 0.5) is 0 Å². The summed E-state index contributed by atoms with van der Waals surface area (Å²) in [7, 11) is 7.71. The van der Waals surface area contributed by atoms with E-state index in [4.69, 9.17) is 28.7 Å². The fourth-order valence-electron chi connectivity index (χ4n) is 3.84. The molecule has 0 aliphatic carbocycles. The van der Waals surface area contributed by atoms with Crippen LogP contribution in [0.1, 0.15) is 16.1 Å². The highest BCUT2D eigenvalue weighted by molar-refractivity contribution is 6.07. The molecule has 0 saturated carbocycles. The summed E-state index contributed by atoms with van der Waals surface area (Å²) in [6.45, 7) is 0. The van der Waals surface area contributed by atoms with E-state index in [1.165, 1.54) is 27.4 Å². The van der Waals surface area contributed by atoms with Gasteiger partial charge in [0, 0.05) is 17.3 Å². The number of ketones is 1. The van der Waals surface area contributed by atoms with Gasteiger partial charge in [-0.05, 0) is 54.6 Å². The molecule has 4 rings (SSSR count). The molecule has 8 heteroatoms. The first-order chi connectivity index (χ1) is 17.0. The van der Waals surface area contributed by atoms with Crippen LogP contribution in [-0.4, -0.2) is 50.7 Å². The van der Waals surface area contributed by atoms with Gasteiger partial charge in [-0.15, -0.1) is 0 Å².